The molecule has 0 spiro atoms. The maximum Gasteiger partial charge on any atom is 0.306 e. The predicted molar refractivity (Wildman–Crippen MR) is 74.9 cm³/mol. The van der Waals surface area contributed by atoms with Gasteiger partial charge in [-0.1, -0.05) is 6.92 Å². The molecule has 1 N–H and O–H groups in total. The van der Waals surface area contributed by atoms with E-state index in [2.05, 4.69) is 17.9 Å². The molecule has 0 aromatic heterocycles. The Labute approximate surface area is 114 Å². The molecule has 1 fully saturated rings. The number of anilines is 1. The van der Waals surface area contributed by atoms with Crippen molar-refractivity contribution in [2.75, 3.05) is 19.1 Å². The molecule has 2 rings (SSSR count). The third kappa shape index (κ3) is 2.67. The van der Waals surface area contributed by atoms with E-state index >= 15 is 0 Å². The summed E-state index contributed by atoms with van der Waals surface area (Å²) >= 11 is 0. The first-order chi connectivity index (χ1) is 9.06. The van der Waals surface area contributed by atoms with Gasteiger partial charge in [-0.25, -0.2) is 0 Å². The second kappa shape index (κ2) is 5.51. The van der Waals surface area contributed by atoms with Gasteiger partial charge >= 0.3 is 5.97 Å². The van der Waals surface area contributed by atoms with Gasteiger partial charge in [-0.15, -0.1) is 0 Å². The van der Waals surface area contributed by atoms with E-state index in [0.29, 0.717) is 6.04 Å². The van der Waals surface area contributed by atoms with Crippen LogP contribution in [0.5, 0.6) is 5.75 Å². The number of carboxylic acids is 1. The number of carboxylic acid groups (broad SMARTS) is 1. The first-order valence-electron chi connectivity index (χ1n) is 6.69. The van der Waals surface area contributed by atoms with Crippen LogP contribution in [0, 0.1) is 5.92 Å². The van der Waals surface area contributed by atoms with Crippen molar-refractivity contribution in [1.29, 1.82) is 0 Å². The van der Waals surface area contributed by atoms with Crippen LogP contribution in [0.15, 0.2) is 18.2 Å². The van der Waals surface area contributed by atoms with Crippen LogP contribution in [-0.2, 0) is 11.2 Å². The number of nitrogens with zero attached hydrogens (tertiary/aromatic N) is 1. The van der Waals surface area contributed by atoms with E-state index in [1.165, 1.54) is 5.56 Å². The molecule has 4 nitrogen and oxygen atoms in total. The number of ether oxygens (including phenoxy) is 1. The van der Waals surface area contributed by atoms with E-state index in [1.807, 2.05) is 19.2 Å². The monoisotopic (exact) mass is 263 g/mol. The second-order valence-corrected chi connectivity index (χ2v) is 5.12. The van der Waals surface area contributed by atoms with Gasteiger partial charge < -0.3 is 14.7 Å². The number of aliphatic carboxylic acids is 1. The number of benzene rings is 1. The van der Waals surface area contributed by atoms with Crippen molar-refractivity contribution in [2.45, 2.75) is 32.2 Å². The average Bonchev–Trinajstić information content (AvgIpc) is 2.35. The number of hydrogen-bond acceptors (Lipinski definition) is 3. The van der Waals surface area contributed by atoms with E-state index in [4.69, 9.17) is 9.84 Å². The van der Waals surface area contributed by atoms with Gasteiger partial charge in [-0.2, -0.15) is 0 Å². The summed E-state index contributed by atoms with van der Waals surface area (Å²) in [5.41, 5.74) is 2.31. The molecule has 0 radical (unpaired) electrons. The summed E-state index contributed by atoms with van der Waals surface area (Å²) < 4.78 is 5.32. The Balaban J connectivity index is 2.08. The van der Waals surface area contributed by atoms with Gasteiger partial charge in [0.1, 0.15) is 5.75 Å². The normalized spacial score (nSPS) is 21.6. The van der Waals surface area contributed by atoms with Crippen molar-refractivity contribution in [1.82, 2.24) is 0 Å². The summed E-state index contributed by atoms with van der Waals surface area (Å²) in [6.45, 7) is 2.10. The van der Waals surface area contributed by atoms with Crippen LogP contribution >= 0.6 is 0 Å². The Morgan fingerprint density at radius 1 is 1.47 bits per heavy atom. The minimum atomic E-state index is -0.673. The molecule has 1 aliphatic carbocycles. The molecule has 1 aromatic rings. The molecule has 1 saturated carbocycles. The smallest absolute Gasteiger partial charge is 0.306 e. The third-order valence-corrected chi connectivity index (χ3v) is 4.06. The van der Waals surface area contributed by atoms with E-state index in [-0.39, 0.29) is 5.92 Å². The molecule has 0 amide bonds. The van der Waals surface area contributed by atoms with Gasteiger partial charge in [-0.05, 0) is 43.0 Å². The molecule has 0 unspecified atom stereocenters. The molecule has 19 heavy (non-hydrogen) atoms. The van der Waals surface area contributed by atoms with Gasteiger partial charge in [-0.3, -0.25) is 4.79 Å². The Bertz CT molecular complexity index is 466. The largest absolute Gasteiger partial charge is 0.496 e. The van der Waals surface area contributed by atoms with Gasteiger partial charge in [0, 0.05) is 18.8 Å². The van der Waals surface area contributed by atoms with Gasteiger partial charge in [0.2, 0.25) is 0 Å². The summed E-state index contributed by atoms with van der Waals surface area (Å²) in [6, 6.07) is 6.48. The molecular formula is C15H21NO3. The van der Waals surface area contributed by atoms with Crippen molar-refractivity contribution in [2.24, 2.45) is 5.92 Å². The fourth-order valence-electron chi connectivity index (χ4n) is 2.58. The van der Waals surface area contributed by atoms with Gasteiger partial charge in [0.15, 0.2) is 0 Å². The summed E-state index contributed by atoms with van der Waals surface area (Å²) in [7, 11) is 3.71. The SMILES string of the molecule is CCc1cc(N(C)C2CC(C(=O)O)C2)ccc1OC. The van der Waals surface area contributed by atoms with Crippen molar-refractivity contribution >= 4 is 11.7 Å². The highest BCUT2D eigenvalue weighted by Gasteiger charge is 2.36. The van der Waals surface area contributed by atoms with Crippen LogP contribution in [0.1, 0.15) is 25.3 Å². The van der Waals surface area contributed by atoms with E-state index < -0.39 is 5.97 Å². The number of carbonyl (C=O) groups is 1. The van der Waals surface area contributed by atoms with E-state index in [0.717, 1.165) is 30.7 Å². The Hall–Kier alpha value is -1.71. The van der Waals surface area contributed by atoms with Gasteiger partial charge in [0.05, 0.1) is 13.0 Å². The Kier molecular flexibility index (Phi) is 3.98. The Morgan fingerprint density at radius 3 is 2.68 bits per heavy atom. The van der Waals surface area contributed by atoms with Crippen LogP contribution in [0.3, 0.4) is 0 Å². The highest BCUT2D eigenvalue weighted by molar-refractivity contribution is 5.72. The summed E-state index contributed by atoms with van der Waals surface area (Å²) in [5, 5.41) is 8.92. The standard InChI is InChI=1S/C15H21NO3/c1-4-10-7-12(5-6-14(10)19-3)16(2)13-8-11(9-13)15(17)18/h5-7,11,13H,4,8-9H2,1-3H3,(H,17,18). The first-order valence-corrected chi connectivity index (χ1v) is 6.69. The first kappa shape index (κ1) is 13.7. The van der Waals surface area contributed by atoms with E-state index in [1.54, 1.807) is 7.11 Å². The molecule has 1 aromatic carbocycles. The molecule has 4 heteroatoms. The third-order valence-electron chi connectivity index (χ3n) is 4.06. The number of aryl methyl sites for hydroxylation is 1. The zero-order valence-corrected chi connectivity index (χ0v) is 11.7. The summed E-state index contributed by atoms with van der Waals surface area (Å²) in [6.07, 6.45) is 2.39. The molecule has 1 aliphatic rings. The molecular weight excluding hydrogens is 242 g/mol. The lowest BCUT2D eigenvalue weighted by Gasteiger charge is -2.40. The van der Waals surface area contributed by atoms with Crippen LogP contribution < -0.4 is 9.64 Å². The van der Waals surface area contributed by atoms with Crippen LogP contribution in [0.2, 0.25) is 0 Å². The minimum Gasteiger partial charge on any atom is -0.496 e. The lowest BCUT2D eigenvalue weighted by Crippen LogP contribution is -2.45. The zero-order valence-electron chi connectivity index (χ0n) is 11.7. The molecule has 0 heterocycles. The second-order valence-electron chi connectivity index (χ2n) is 5.12. The number of hydrogen-bond donors (Lipinski definition) is 1. The van der Waals surface area contributed by atoms with Crippen molar-refractivity contribution in [3.63, 3.8) is 0 Å². The molecule has 0 aliphatic heterocycles. The average molecular weight is 263 g/mol. The molecule has 0 saturated heterocycles. The van der Waals surface area contributed by atoms with Crippen LogP contribution in [0.25, 0.3) is 0 Å². The van der Waals surface area contributed by atoms with Crippen molar-refractivity contribution < 1.29 is 14.6 Å². The fraction of sp³-hybridized carbons (Fsp3) is 0.533. The summed E-state index contributed by atoms with van der Waals surface area (Å²) in [4.78, 5) is 13.0. The molecule has 0 bridgehead atoms. The summed E-state index contributed by atoms with van der Waals surface area (Å²) in [5.74, 6) is 0.0710. The predicted octanol–water partition coefficient (Wildman–Crippen LogP) is 2.56. The molecule has 0 atom stereocenters. The zero-order chi connectivity index (χ0) is 14.0. The van der Waals surface area contributed by atoms with Crippen LogP contribution in [-0.4, -0.2) is 31.3 Å². The van der Waals surface area contributed by atoms with Crippen LogP contribution in [0.4, 0.5) is 5.69 Å². The minimum absolute atomic E-state index is 0.170. The lowest BCUT2D eigenvalue weighted by atomic mass is 9.79. The fourth-order valence-corrected chi connectivity index (χ4v) is 2.58. The highest BCUT2D eigenvalue weighted by atomic mass is 16.5. The molecule has 104 valence electrons. The quantitative estimate of drug-likeness (QED) is 0.887. The maximum atomic E-state index is 10.8. The van der Waals surface area contributed by atoms with E-state index in [9.17, 15) is 4.79 Å². The highest BCUT2D eigenvalue weighted by Crippen LogP contribution is 2.35. The van der Waals surface area contributed by atoms with Crippen molar-refractivity contribution in [3.8, 4) is 5.75 Å². The topological polar surface area (TPSA) is 49.8 Å². The Morgan fingerprint density at radius 2 is 2.16 bits per heavy atom. The lowest BCUT2D eigenvalue weighted by molar-refractivity contribution is -0.145. The van der Waals surface area contributed by atoms with Crippen molar-refractivity contribution in [3.05, 3.63) is 23.8 Å². The number of methoxy groups -OCH3 is 1. The number of rotatable bonds is 5. The van der Waals surface area contributed by atoms with Gasteiger partial charge in [0.25, 0.3) is 0 Å². The maximum absolute atomic E-state index is 10.8.